The molecule has 6 heteroatoms. The van der Waals surface area contributed by atoms with Gasteiger partial charge in [0.15, 0.2) is 0 Å². The smallest absolute Gasteiger partial charge is 0.418 e. The second kappa shape index (κ2) is 3.67. The Morgan fingerprint density at radius 2 is 2.57 bits per heavy atom. The van der Waals surface area contributed by atoms with Crippen molar-refractivity contribution in [2.24, 2.45) is 5.73 Å². The molecule has 0 spiro atoms. The largest absolute Gasteiger partial charge is 0.444 e. The van der Waals surface area contributed by atoms with Gasteiger partial charge in [-0.15, -0.1) is 0 Å². The molecule has 14 heavy (non-hydrogen) atoms. The topological polar surface area (TPSA) is 81.6 Å². The van der Waals surface area contributed by atoms with Crippen LogP contribution in [0, 0.1) is 0 Å². The molecular weight excluding hydrogens is 186 g/mol. The maximum atomic E-state index is 11.3. The molecule has 1 aromatic rings. The Kier molecular flexibility index (Phi) is 2.36. The minimum Gasteiger partial charge on any atom is -0.444 e. The average molecular weight is 197 g/mol. The van der Waals surface area contributed by atoms with Crippen LogP contribution in [0.1, 0.15) is 6.42 Å². The van der Waals surface area contributed by atoms with Crippen LogP contribution in [-0.2, 0) is 4.74 Å². The summed E-state index contributed by atoms with van der Waals surface area (Å²) in [7, 11) is 0. The molecule has 1 unspecified atom stereocenters. The highest BCUT2D eigenvalue weighted by Crippen LogP contribution is 2.20. The van der Waals surface area contributed by atoms with Gasteiger partial charge in [0.25, 0.3) is 0 Å². The molecule has 1 atom stereocenters. The van der Waals surface area contributed by atoms with Crippen molar-refractivity contribution < 1.29 is 13.9 Å². The molecule has 2 N–H and O–H groups in total. The van der Waals surface area contributed by atoms with Crippen LogP contribution in [0.5, 0.6) is 0 Å². The first-order valence-corrected chi connectivity index (χ1v) is 4.39. The zero-order valence-corrected chi connectivity index (χ0v) is 7.55. The number of rotatable bonds is 3. The molecule has 0 aliphatic carbocycles. The summed E-state index contributed by atoms with van der Waals surface area (Å²) in [6.45, 7) is 0.952. The number of amides is 1. The van der Waals surface area contributed by atoms with Crippen molar-refractivity contribution in [3.8, 4) is 0 Å². The van der Waals surface area contributed by atoms with Crippen molar-refractivity contribution in [3.05, 3.63) is 12.5 Å². The number of carbonyl (C=O) groups excluding carboxylic acids is 1. The Hall–Kier alpha value is -1.56. The molecule has 0 aromatic carbocycles. The highest BCUT2D eigenvalue weighted by Gasteiger charge is 2.34. The zero-order chi connectivity index (χ0) is 9.97. The fourth-order valence-corrected chi connectivity index (χ4v) is 1.36. The highest BCUT2D eigenvalue weighted by atomic mass is 16.6. The average Bonchev–Trinajstić information content (AvgIpc) is 2.74. The third-order valence-electron chi connectivity index (χ3n) is 2.01. The summed E-state index contributed by atoms with van der Waals surface area (Å²) in [5.74, 6) is 0. The van der Waals surface area contributed by atoms with E-state index in [0.717, 1.165) is 0 Å². The van der Waals surface area contributed by atoms with Crippen molar-refractivity contribution in [1.29, 1.82) is 0 Å². The summed E-state index contributed by atoms with van der Waals surface area (Å²) in [5.41, 5.74) is 5.37. The first-order valence-electron chi connectivity index (χ1n) is 4.39. The number of hydrogen-bond acceptors (Lipinski definition) is 5. The second-order valence-corrected chi connectivity index (χ2v) is 3.01. The summed E-state index contributed by atoms with van der Waals surface area (Å²) >= 11 is 0. The van der Waals surface area contributed by atoms with E-state index in [0.29, 0.717) is 19.5 Å². The van der Waals surface area contributed by atoms with Crippen LogP contribution in [0.4, 0.5) is 10.8 Å². The van der Waals surface area contributed by atoms with Gasteiger partial charge in [-0.3, -0.25) is 0 Å². The standard InChI is InChI=1S/C8H11N3O3/c9-2-1-6-5-11(8(12)14-6)7-10-3-4-13-7/h3-4,6H,1-2,5,9H2. The van der Waals surface area contributed by atoms with Crippen molar-refractivity contribution in [3.63, 3.8) is 0 Å². The minimum atomic E-state index is -0.425. The summed E-state index contributed by atoms with van der Waals surface area (Å²) < 4.78 is 10.0. The number of nitrogens with zero attached hydrogens (tertiary/aromatic N) is 2. The van der Waals surface area contributed by atoms with Crippen molar-refractivity contribution in [2.45, 2.75) is 12.5 Å². The molecular formula is C8H11N3O3. The number of ether oxygens (including phenoxy) is 1. The molecule has 1 aromatic heterocycles. The Labute approximate surface area is 80.6 Å². The van der Waals surface area contributed by atoms with Crippen LogP contribution in [0.25, 0.3) is 0 Å². The lowest BCUT2D eigenvalue weighted by atomic mass is 10.2. The third-order valence-corrected chi connectivity index (χ3v) is 2.01. The van der Waals surface area contributed by atoms with E-state index in [1.54, 1.807) is 0 Å². The summed E-state index contributed by atoms with van der Waals surface area (Å²) in [4.78, 5) is 16.6. The van der Waals surface area contributed by atoms with E-state index < -0.39 is 6.09 Å². The van der Waals surface area contributed by atoms with E-state index in [-0.39, 0.29) is 12.1 Å². The SMILES string of the molecule is NCCC1CN(c2ncco2)C(=O)O1. The van der Waals surface area contributed by atoms with Gasteiger partial charge in [0.1, 0.15) is 12.4 Å². The Morgan fingerprint density at radius 1 is 1.71 bits per heavy atom. The van der Waals surface area contributed by atoms with E-state index in [4.69, 9.17) is 14.9 Å². The Bertz CT molecular complexity index is 312. The first-order chi connectivity index (χ1) is 6.81. The number of anilines is 1. The van der Waals surface area contributed by atoms with Gasteiger partial charge in [-0.1, -0.05) is 0 Å². The van der Waals surface area contributed by atoms with Gasteiger partial charge in [-0.25, -0.2) is 14.7 Å². The lowest BCUT2D eigenvalue weighted by molar-refractivity contribution is 0.138. The maximum absolute atomic E-state index is 11.3. The highest BCUT2D eigenvalue weighted by molar-refractivity contribution is 5.87. The van der Waals surface area contributed by atoms with Crippen LogP contribution >= 0.6 is 0 Å². The zero-order valence-electron chi connectivity index (χ0n) is 7.55. The van der Waals surface area contributed by atoms with E-state index >= 15 is 0 Å². The summed E-state index contributed by atoms with van der Waals surface area (Å²) in [5, 5.41) is 0. The van der Waals surface area contributed by atoms with Crippen molar-refractivity contribution in [2.75, 3.05) is 18.0 Å². The normalized spacial score (nSPS) is 21.4. The number of hydrogen-bond donors (Lipinski definition) is 1. The summed E-state index contributed by atoms with van der Waals surface area (Å²) in [6.07, 6.45) is 2.98. The van der Waals surface area contributed by atoms with Crippen molar-refractivity contribution in [1.82, 2.24) is 4.98 Å². The molecule has 0 radical (unpaired) electrons. The Balaban J connectivity index is 2.05. The van der Waals surface area contributed by atoms with Gasteiger partial charge in [0.05, 0.1) is 12.7 Å². The van der Waals surface area contributed by atoms with E-state index in [1.807, 2.05) is 0 Å². The fourth-order valence-electron chi connectivity index (χ4n) is 1.36. The molecule has 1 aliphatic heterocycles. The monoisotopic (exact) mass is 197 g/mol. The number of carbonyl (C=O) groups is 1. The van der Waals surface area contributed by atoms with Crippen molar-refractivity contribution >= 4 is 12.1 Å². The minimum absolute atomic E-state index is 0.153. The van der Waals surface area contributed by atoms with Gasteiger partial charge in [-0.2, -0.15) is 0 Å². The van der Waals surface area contributed by atoms with Gasteiger partial charge in [0.2, 0.25) is 0 Å². The van der Waals surface area contributed by atoms with Crippen LogP contribution < -0.4 is 10.6 Å². The molecule has 1 amide bonds. The number of nitrogens with two attached hydrogens (primary N) is 1. The third kappa shape index (κ3) is 1.56. The van der Waals surface area contributed by atoms with Crippen LogP contribution in [0.3, 0.4) is 0 Å². The number of aromatic nitrogens is 1. The summed E-state index contributed by atoms with van der Waals surface area (Å²) in [6, 6.07) is 0.273. The second-order valence-electron chi connectivity index (χ2n) is 3.01. The lowest BCUT2D eigenvalue weighted by Crippen LogP contribution is -2.25. The van der Waals surface area contributed by atoms with E-state index in [2.05, 4.69) is 4.98 Å². The van der Waals surface area contributed by atoms with E-state index in [9.17, 15) is 4.79 Å². The number of oxazole rings is 1. The molecule has 6 nitrogen and oxygen atoms in total. The Morgan fingerprint density at radius 3 is 3.21 bits per heavy atom. The molecule has 1 fully saturated rings. The van der Waals surface area contributed by atoms with Gasteiger partial charge >= 0.3 is 12.1 Å². The fraction of sp³-hybridized carbons (Fsp3) is 0.500. The maximum Gasteiger partial charge on any atom is 0.418 e. The predicted molar refractivity (Wildman–Crippen MR) is 47.8 cm³/mol. The first kappa shape index (κ1) is 9.01. The van der Waals surface area contributed by atoms with Crippen LogP contribution in [0.2, 0.25) is 0 Å². The molecule has 1 saturated heterocycles. The molecule has 2 heterocycles. The van der Waals surface area contributed by atoms with Crippen LogP contribution in [0.15, 0.2) is 16.9 Å². The lowest BCUT2D eigenvalue weighted by Gasteiger charge is -2.06. The van der Waals surface area contributed by atoms with Gasteiger partial charge in [0, 0.05) is 0 Å². The molecule has 0 bridgehead atoms. The van der Waals surface area contributed by atoms with Crippen LogP contribution in [-0.4, -0.2) is 30.3 Å². The predicted octanol–water partition coefficient (Wildman–Crippen LogP) is 0.349. The van der Waals surface area contributed by atoms with E-state index in [1.165, 1.54) is 17.4 Å². The molecule has 76 valence electrons. The van der Waals surface area contributed by atoms with Gasteiger partial charge in [-0.05, 0) is 13.0 Å². The quantitative estimate of drug-likeness (QED) is 0.756. The molecule has 0 saturated carbocycles. The van der Waals surface area contributed by atoms with Gasteiger partial charge < -0.3 is 14.9 Å². The molecule has 1 aliphatic rings. The molecule has 2 rings (SSSR count). The number of cyclic esters (lactones) is 1.